The molecule has 0 saturated carbocycles. The third-order valence-corrected chi connectivity index (χ3v) is 5.43. The normalized spacial score (nSPS) is 11.0. The monoisotopic (exact) mass is 426 g/mol. The predicted octanol–water partition coefficient (Wildman–Crippen LogP) is 3.84. The summed E-state index contributed by atoms with van der Waals surface area (Å²) in [6, 6.07) is 14.2. The summed E-state index contributed by atoms with van der Waals surface area (Å²) in [5.74, 6) is 0.196. The fraction of sp³-hybridized carbons (Fsp3) is 0.100. The quantitative estimate of drug-likeness (QED) is 0.296. The number of aromatic amines is 1. The number of nitrogens with one attached hydrogen (secondary N) is 1. The number of esters is 1. The molecule has 146 valence electrons. The van der Waals surface area contributed by atoms with Crippen molar-refractivity contribution in [1.82, 2.24) is 19.7 Å². The summed E-state index contributed by atoms with van der Waals surface area (Å²) in [4.78, 5) is 31.3. The first-order valence-electron chi connectivity index (χ1n) is 8.59. The van der Waals surface area contributed by atoms with Crippen LogP contribution in [0.2, 0.25) is 5.02 Å². The van der Waals surface area contributed by atoms with Crippen LogP contribution in [0, 0.1) is 0 Å². The van der Waals surface area contributed by atoms with Gasteiger partial charge in [-0.15, -0.1) is 0 Å². The lowest BCUT2D eigenvalue weighted by molar-refractivity contribution is 0.0600. The van der Waals surface area contributed by atoms with Crippen LogP contribution in [-0.4, -0.2) is 32.8 Å². The molecule has 0 atom stereocenters. The van der Waals surface area contributed by atoms with Crippen LogP contribution < -0.4 is 5.56 Å². The summed E-state index contributed by atoms with van der Waals surface area (Å²) in [7, 11) is 1.35. The van der Waals surface area contributed by atoms with Gasteiger partial charge in [-0.2, -0.15) is 5.10 Å². The van der Waals surface area contributed by atoms with Crippen LogP contribution in [0.3, 0.4) is 0 Å². The molecule has 4 aromatic rings. The van der Waals surface area contributed by atoms with E-state index in [1.54, 1.807) is 28.9 Å². The van der Waals surface area contributed by atoms with E-state index >= 15 is 0 Å². The van der Waals surface area contributed by atoms with E-state index in [4.69, 9.17) is 16.3 Å². The Balaban J connectivity index is 1.59. The Kier molecular flexibility index (Phi) is 5.37. The van der Waals surface area contributed by atoms with Crippen molar-refractivity contribution in [3.05, 3.63) is 81.2 Å². The highest BCUT2D eigenvalue weighted by molar-refractivity contribution is 7.98. The zero-order chi connectivity index (χ0) is 20.4. The molecule has 2 aromatic carbocycles. The van der Waals surface area contributed by atoms with E-state index in [-0.39, 0.29) is 11.5 Å². The van der Waals surface area contributed by atoms with Crippen LogP contribution in [-0.2, 0) is 10.5 Å². The molecule has 1 N–H and O–H groups in total. The highest BCUT2D eigenvalue weighted by Crippen LogP contribution is 2.22. The van der Waals surface area contributed by atoms with Gasteiger partial charge in [0.15, 0.2) is 10.8 Å². The van der Waals surface area contributed by atoms with E-state index in [1.165, 1.54) is 25.1 Å². The molecule has 0 fully saturated rings. The first kappa shape index (κ1) is 19.2. The number of aromatic nitrogens is 4. The van der Waals surface area contributed by atoms with E-state index in [0.717, 1.165) is 11.3 Å². The van der Waals surface area contributed by atoms with Crippen LogP contribution >= 0.6 is 23.4 Å². The largest absolute Gasteiger partial charge is 0.465 e. The minimum Gasteiger partial charge on any atom is -0.465 e. The summed E-state index contributed by atoms with van der Waals surface area (Å²) in [5, 5.41) is 5.79. The Morgan fingerprint density at radius 3 is 2.59 bits per heavy atom. The number of hydrogen-bond donors (Lipinski definition) is 1. The molecule has 0 aliphatic heterocycles. The van der Waals surface area contributed by atoms with Gasteiger partial charge in [0.1, 0.15) is 5.39 Å². The fourth-order valence-electron chi connectivity index (χ4n) is 2.74. The number of ether oxygens (including phenoxy) is 1. The third kappa shape index (κ3) is 4.03. The van der Waals surface area contributed by atoms with Gasteiger partial charge in [-0.3, -0.25) is 4.79 Å². The fourth-order valence-corrected chi connectivity index (χ4v) is 3.68. The van der Waals surface area contributed by atoms with Gasteiger partial charge in [0.25, 0.3) is 5.56 Å². The van der Waals surface area contributed by atoms with Gasteiger partial charge < -0.3 is 9.72 Å². The average Bonchev–Trinajstić information content (AvgIpc) is 3.17. The second-order valence-electron chi connectivity index (χ2n) is 6.12. The minimum atomic E-state index is -0.379. The maximum Gasteiger partial charge on any atom is 0.337 e. The lowest BCUT2D eigenvalue weighted by Crippen LogP contribution is -2.09. The van der Waals surface area contributed by atoms with Crippen LogP contribution in [0.25, 0.3) is 16.7 Å². The van der Waals surface area contributed by atoms with Crippen molar-refractivity contribution in [2.24, 2.45) is 0 Å². The van der Waals surface area contributed by atoms with Crippen LogP contribution in [0.1, 0.15) is 15.9 Å². The van der Waals surface area contributed by atoms with Crippen molar-refractivity contribution in [2.75, 3.05) is 7.11 Å². The van der Waals surface area contributed by atoms with Crippen molar-refractivity contribution in [1.29, 1.82) is 0 Å². The molecular formula is C20H15ClN4O3S. The first-order valence-corrected chi connectivity index (χ1v) is 9.95. The number of carbonyl (C=O) groups excluding carboxylic acids is 1. The number of carbonyl (C=O) groups is 1. The van der Waals surface area contributed by atoms with Crippen molar-refractivity contribution in [2.45, 2.75) is 10.9 Å². The molecule has 0 unspecified atom stereocenters. The first-order chi connectivity index (χ1) is 14.0. The van der Waals surface area contributed by atoms with Crippen molar-refractivity contribution in [3.8, 4) is 5.69 Å². The number of rotatable bonds is 5. The van der Waals surface area contributed by atoms with Crippen molar-refractivity contribution >= 4 is 40.4 Å². The standard InChI is InChI=1S/C20H15ClN4O3S/c1-28-19(27)13-4-2-12(3-5-13)11-29-20-23-17-16(18(26)24-20)10-22-25(17)15-8-6-14(21)7-9-15/h2-10H,11H2,1H3,(H,23,24,26). The summed E-state index contributed by atoms with van der Waals surface area (Å²) in [5.41, 5.74) is 2.45. The second kappa shape index (κ2) is 8.10. The van der Waals surface area contributed by atoms with E-state index < -0.39 is 0 Å². The van der Waals surface area contributed by atoms with Crippen molar-refractivity contribution in [3.63, 3.8) is 0 Å². The molecule has 7 nitrogen and oxygen atoms in total. The average molecular weight is 427 g/mol. The summed E-state index contributed by atoms with van der Waals surface area (Å²) in [6.07, 6.45) is 1.50. The summed E-state index contributed by atoms with van der Waals surface area (Å²) in [6.45, 7) is 0. The molecule has 2 heterocycles. The molecule has 9 heteroatoms. The minimum absolute atomic E-state index is 0.251. The Hall–Kier alpha value is -3.10. The zero-order valence-corrected chi connectivity index (χ0v) is 16.8. The smallest absolute Gasteiger partial charge is 0.337 e. The molecule has 0 spiro atoms. The van der Waals surface area contributed by atoms with E-state index in [2.05, 4.69) is 15.1 Å². The molecule has 0 amide bonds. The molecule has 0 saturated heterocycles. The van der Waals surface area contributed by atoms with Crippen LogP contribution in [0.5, 0.6) is 0 Å². The van der Waals surface area contributed by atoms with Crippen LogP contribution in [0.4, 0.5) is 0 Å². The number of methoxy groups -OCH3 is 1. The Morgan fingerprint density at radius 1 is 1.17 bits per heavy atom. The van der Waals surface area contributed by atoms with Crippen molar-refractivity contribution < 1.29 is 9.53 Å². The SMILES string of the molecule is COC(=O)c1ccc(CSc2nc3c(cnn3-c3ccc(Cl)cc3)c(=O)[nH]2)cc1. The molecule has 29 heavy (non-hydrogen) atoms. The van der Waals surface area contributed by atoms with Gasteiger partial charge in [-0.1, -0.05) is 35.5 Å². The van der Waals surface area contributed by atoms with Gasteiger partial charge in [-0.25, -0.2) is 14.5 Å². The third-order valence-electron chi connectivity index (χ3n) is 4.24. The van der Waals surface area contributed by atoms with E-state index in [0.29, 0.717) is 32.5 Å². The van der Waals surface area contributed by atoms with Gasteiger partial charge in [0.05, 0.1) is 24.6 Å². The molecule has 0 radical (unpaired) electrons. The summed E-state index contributed by atoms with van der Waals surface area (Å²) < 4.78 is 6.30. The van der Waals surface area contributed by atoms with Gasteiger partial charge >= 0.3 is 5.97 Å². The number of thioether (sulfide) groups is 1. The lowest BCUT2D eigenvalue weighted by Gasteiger charge is -2.05. The van der Waals surface area contributed by atoms with Gasteiger partial charge in [0, 0.05) is 10.8 Å². The maximum absolute atomic E-state index is 12.4. The predicted molar refractivity (Wildman–Crippen MR) is 112 cm³/mol. The van der Waals surface area contributed by atoms with Crippen LogP contribution in [0.15, 0.2) is 64.7 Å². The molecular weight excluding hydrogens is 412 g/mol. The number of H-pyrrole nitrogens is 1. The number of halogens is 1. The lowest BCUT2D eigenvalue weighted by atomic mass is 10.1. The molecule has 0 bridgehead atoms. The number of hydrogen-bond acceptors (Lipinski definition) is 6. The number of nitrogens with zero attached hydrogens (tertiary/aromatic N) is 3. The van der Waals surface area contributed by atoms with Gasteiger partial charge in [-0.05, 0) is 42.0 Å². The molecule has 2 aromatic heterocycles. The van der Waals surface area contributed by atoms with E-state index in [9.17, 15) is 9.59 Å². The maximum atomic E-state index is 12.4. The molecule has 0 aliphatic rings. The Bertz CT molecular complexity index is 1230. The van der Waals surface area contributed by atoms with Gasteiger partial charge in [0.2, 0.25) is 0 Å². The van der Waals surface area contributed by atoms with E-state index in [1.807, 2.05) is 24.3 Å². The molecule has 0 aliphatic carbocycles. The zero-order valence-electron chi connectivity index (χ0n) is 15.3. The second-order valence-corrected chi connectivity index (χ2v) is 7.52. The summed E-state index contributed by atoms with van der Waals surface area (Å²) >= 11 is 7.33. The highest BCUT2D eigenvalue weighted by atomic mass is 35.5. The number of benzene rings is 2. The highest BCUT2D eigenvalue weighted by Gasteiger charge is 2.12. The molecule has 4 rings (SSSR count). The Morgan fingerprint density at radius 2 is 1.90 bits per heavy atom. The Labute approximate surface area is 174 Å². The number of fused-ring (bicyclic) bond motifs is 1. The topological polar surface area (TPSA) is 89.9 Å².